The first-order valence-corrected chi connectivity index (χ1v) is 9.28. The molecule has 27 heavy (non-hydrogen) atoms. The molecule has 1 amide bonds. The van der Waals surface area contributed by atoms with Gasteiger partial charge in [0, 0.05) is 12.0 Å². The summed E-state index contributed by atoms with van der Waals surface area (Å²) in [4.78, 5) is 23.6. The predicted molar refractivity (Wildman–Crippen MR) is 104 cm³/mol. The number of aromatic nitrogens is 2. The van der Waals surface area contributed by atoms with Crippen LogP contribution >= 0.6 is 11.3 Å². The van der Waals surface area contributed by atoms with Crippen molar-refractivity contribution in [2.24, 2.45) is 0 Å². The van der Waals surface area contributed by atoms with Crippen LogP contribution in [0.3, 0.4) is 0 Å². The number of amides is 1. The van der Waals surface area contributed by atoms with Gasteiger partial charge in [-0.3, -0.25) is 14.9 Å². The summed E-state index contributed by atoms with van der Waals surface area (Å²) in [5.74, 6) is 0.188. The van der Waals surface area contributed by atoms with Crippen LogP contribution in [0.4, 0.5) is 5.13 Å². The van der Waals surface area contributed by atoms with E-state index < -0.39 is 6.10 Å². The first-order chi connectivity index (χ1) is 13.0. The Labute approximate surface area is 161 Å². The van der Waals surface area contributed by atoms with Gasteiger partial charge in [0.25, 0.3) is 5.91 Å². The van der Waals surface area contributed by atoms with Crippen molar-refractivity contribution in [3.63, 3.8) is 0 Å². The Morgan fingerprint density at radius 3 is 2.44 bits per heavy atom. The third kappa shape index (κ3) is 5.21. The first-order valence-electron chi connectivity index (χ1n) is 8.46. The molecule has 0 saturated carbocycles. The Balaban J connectivity index is 1.56. The van der Waals surface area contributed by atoms with Crippen molar-refractivity contribution in [2.75, 3.05) is 5.32 Å². The zero-order chi connectivity index (χ0) is 19.2. The lowest BCUT2D eigenvalue weighted by molar-refractivity contribution is -0.122. The van der Waals surface area contributed by atoms with Gasteiger partial charge in [0.2, 0.25) is 5.13 Å². The molecular weight excluding hydrogens is 362 g/mol. The molecule has 7 heteroatoms. The fourth-order valence-corrected chi connectivity index (χ4v) is 3.16. The molecule has 1 unspecified atom stereocenters. The molecule has 0 spiro atoms. The van der Waals surface area contributed by atoms with Crippen LogP contribution in [0.25, 0.3) is 0 Å². The van der Waals surface area contributed by atoms with Crippen molar-refractivity contribution < 1.29 is 14.3 Å². The number of Topliss-reactive ketones (excluding diaryl/α,β-unsaturated/α-hetero) is 1. The van der Waals surface area contributed by atoms with E-state index in [0.29, 0.717) is 22.9 Å². The van der Waals surface area contributed by atoms with E-state index in [-0.39, 0.29) is 11.7 Å². The highest BCUT2D eigenvalue weighted by molar-refractivity contribution is 7.15. The van der Waals surface area contributed by atoms with Crippen LogP contribution in [0.15, 0.2) is 54.6 Å². The summed E-state index contributed by atoms with van der Waals surface area (Å²) < 4.78 is 5.62. The van der Waals surface area contributed by atoms with E-state index in [9.17, 15) is 9.59 Å². The van der Waals surface area contributed by atoms with Crippen LogP contribution in [-0.2, 0) is 11.2 Å². The number of benzene rings is 2. The van der Waals surface area contributed by atoms with Gasteiger partial charge in [-0.05, 0) is 43.7 Å². The van der Waals surface area contributed by atoms with Gasteiger partial charge in [-0.15, -0.1) is 10.2 Å². The van der Waals surface area contributed by atoms with Crippen molar-refractivity contribution in [3.05, 3.63) is 70.7 Å². The smallest absolute Gasteiger partial charge is 0.266 e. The van der Waals surface area contributed by atoms with Gasteiger partial charge >= 0.3 is 0 Å². The maximum atomic E-state index is 12.3. The molecule has 0 aliphatic rings. The zero-order valence-electron chi connectivity index (χ0n) is 15.0. The van der Waals surface area contributed by atoms with Gasteiger partial charge < -0.3 is 4.74 Å². The van der Waals surface area contributed by atoms with Crippen molar-refractivity contribution in [1.82, 2.24) is 10.2 Å². The minimum atomic E-state index is -0.713. The van der Waals surface area contributed by atoms with Crippen LogP contribution in [-0.4, -0.2) is 28.0 Å². The van der Waals surface area contributed by atoms with E-state index in [4.69, 9.17) is 4.74 Å². The van der Waals surface area contributed by atoms with Gasteiger partial charge in [-0.25, -0.2) is 0 Å². The number of nitrogens with zero attached hydrogens (tertiary/aromatic N) is 2. The topological polar surface area (TPSA) is 81.2 Å². The third-order valence-corrected chi connectivity index (χ3v) is 4.68. The molecule has 1 aromatic heterocycles. The minimum absolute atomic E-state index is 0.0186. The highest BCUT2D eigenvalue weighted by Gasteiger charge is 2.17. The Morgan fingerprint density at radius 1 is 1.07 bits per heavy atom. The molecule has 1 N–H and O–H groups in total. The Morgan fingerprint density at radius 2 is 1.78 bits per heavy atom. The summed E-state index contributed by atoms with van der Waals surface area (Å²) in [5, 5.41) is 12.1. The molecule has 0 fully saturated rings. The van der Waals surface area contributed by atoms with Crippen LogP contribution in [0.2, 0.25) is 0 Å². The number of hydrogen-bond acceptors (Lipinski definition) is 6. The number of nitrogens with one attached hydrogen (secondary N) is 1. The minimum Gasteiger partial charge on any atom is -0.481 e. The molecule has 0 aliphatic heterocycles. The number of rotatable bonds is 7. The van der Waals surface area contributed by atoms with Crippen LogP contribution in [0.1, 0.15) is 34.8 Å². The predicted octanol–water partition coefficient (Wildman–Crippen LogP) is 3.74. The lowest BCUT2D eigenvalue weighted by Gasteiger charge is -2.13. The lowest BCUT2D eigenvalue weighted by Crippen LogP contribution is -2.30. The van der Waals surface area contributed by atoms with E-state index >= 15 is 0 Å². The normalized spacial score (nSPS) is 11.6. The zero-order valence-corrected chi connectivity index (χ0v) is 15.8. The van der Waals surface area contributed by atoms with Crippen molar-refractivity contribution in [3.8, 4) is 5.75 Å². The second-order valence-corrected chi connectivity index (χ2v) is 7.06. The Hall–Kier alpha value is -3.06. The molecule has 2 aromatic carbocycles. The summed E-state index contributed by atoms with van der Waals surface area (Å²) in [6.45, 7) is 3.15. The van der Waals surface area contributed by atoms with E-state index in [1.165, 1.54) is 18.3 Å². The fraction of sp³-hybridized carbons (Fsp3) is 0.200. The average molecular weight is 381 g/mol. The van der Waals surface area contributed by atoms with Crippen LogP contribution in [0, 0.1) is 0 Å². The largest absolute Gasteiger partial charge is 0.481 e. The lowest BCUT2D eigenvalue weighted by atomic mass is 10.1. The molecule has 0 radical (unpaired) electrons. The molecule has 3 rings (SSSR count). The van der Waals surface area contributed by atoms with Gasteiger partial charge in [-0.2, -0.15) is 0 Å². The highest BCUT2D eigenvalue weighted by atomic mass is 32.1. The van der Waals surface area contributed by atoms with E-state index in [1.54, 1.807) is 31.2 Å². The van der Waals surface area contributed by atoms with Crippen LogP contribution < -0.4 is 10.1 Å². The van der Waals surface area contributed by atoms with E-state index in [2.05, 4.69) is 15.5 Å². The molecule has 138 valence electrons. The molecule has 6 nitrogen and oxygen atoms in total. The number of ether oxygens (including phenoxy) is 1. The van der Waals surface area contributed by atoms with Gasteiger partial charge in [-0.1, -0.05) is 41.7 Å². The molecule has 1 atom stereocenters. The summed E-state index contributed by atoms with van der Waals surface area (Å²) in [6.07, 6.45) is -0.0437. The monoisotopic (exact) mass is 381 g/mol. The van der Waals surface area contributed by atoms with Crippen molar-refractivity contribution in [2.45, 2.75) is 26.4 Å². The second-order valence-electron chi connectivity index (χ2n) is 5.99. The second kappa shape index (κ2) is 8.55. The SMILES string of the molecule is CC(=O)c1ccc(OC(C)C(=O)Nc2nnc(Cc3ccccc3)s2)cc1. The summed E-state index contributed by atoms with van der Waals surface area (Å²) >= 11 is 1.34. The standard InChI is InChI=1S/C20H19N3O3S/c1-13(24)16-8-10-17(11-9-16)26-14(2)19(25)21-20-23-22-18(27-20)12-15-6-4-3-5-7-15/h3-11,14H,12H2,1-2H3,(H,21,23,25). The van der Waals surface area contributed by atoms with Gasteiger partial charge in [0.05, 0.1) is 0 Å². The number of carbonyl (C=O) groups excluding carboxylic acids is 2. The van der Waals surface area contributed by atoms with Crippen molar-refractivity contribution in [1.29, 1.82) is 0 Å². The number of anilines is 1. The molecule has 0 bridgehead atoms. The fourth-order valence-electron chi connectivity index (χ4n) is 2.38. The molecular formula is C20H19N3O3S. The van der Waals surface area contributed by atoms with E-state index in [1.807, 2.05) is 30.3 Å². The third-order valence-electron chi connectivity index (χ3n) is 3.84. The maximum Gasteiger partial charge on any atom is 0.266 e. The summed E-state index contributed by atoms with van der Waals surface area (Å²) in [5.41, 5.74) is 1.73. The summed E-state index contributed by atoms with van der Waals surface area (Å²) in [6, 6.07) is 16.6. The number of hydrogen-bond donors (Lipinski definition) is 1. The molecule has 0 aliphatic carbocycles. The maximum absolute atomic E-state index is 12.3. The Kier molecular flexibility index (Phi) is 5.93. The molecule has 3 aromatic rings. The molecule has 1 heterocycles. The van der Waals surface area contributed by atoms with E-state index in [0.717, 1.165) is 10.6 Å². The number of ketones is 1. The number of carbonyl (C=O) groups is 2. The Bertz CT molecular complexity index is 923. The summed E-state index contributed by atoms with van der Waals surface area (Å²) in [7, 11) is 0. The average Bonchev–Trinajstić information content (AvgIpc) is 3.09. The first kappa shape index (κ1) is 18.7. The van der Waals surface area contributed by atoms with Gasteiger partial charge in [0.1, 0.15) is 10.8 Å². The quantitative estimate of drug-likeness (QED) is 0.631. The van der Waals surface area contributed by atoms with Gasteiger partial charge in [0.15, 0.2) is 11.9 Å². The van der Waals surface area contributed by atoms with Crippen LogP contribution in [0.5, 0.6) is 5.75 Å². The molecule has 0 saturated heterocycles. The van der Waals surface area contributed by atoms with Crippen molar-refractivity contribution >= 4 is 28.2 Å². The highest BCUT2D eigenvalue weighted by Crippen LogP contribution is 2.19.